The molecular formula is C14H22ClNO. The molecule has 0 unspecified atom stereocenters. The van der Waals surface area contributed by atoms with Gasteiger partial charge in [-0.2, -0.15) is 0 Å². The van der Waals surface area contributed by atoms with E-state index in [9.17, 15) is 5.11 Å². The predicted octanol–water partition coefficient (Wildman–Crippen LogP) is 3.62. The molecule has 1 N–H and O–H groups in total. The Hall–Kier alpha value is -0.730. The first-order valence-corrected chi connectivity index (χ1v) is 6.82. The van der Waals surface area contributed by atoms with Crippen molar-refractivity contribution < 1.29 is 5.11 Å². The van der Waals surface area contributed by atoms with E-state index in [1.54, 1.807) is 6.07 Å². The van der Waals surface area contributed by atoms with Gasteiger partial charge in [0.25, 0.3) is 0 Å². The van der Waals surface area contributed by atoms with E-state index >= 15 is 0 Å². The molecule has 0 fully saturated rings. The summed E-state index contributed by atoms with van der Waals surface area (Å²) in [4.78, 5) is 2.39. The van der Waals surface area contributed by atoms with Crippen LogP contribution >= 0.6 is 11.6 Å². The summed E-state index contributed by atoms with van der Waals surface area (Å²) in [5.41, 5.74) is 1.14. The van der Waals surface area contributed by atoms with Crippen LogP contribution < -0.4 is 0 Å². The molecular weight excluding hydrogens is 234 g/mol. The Morgan fingerprint density at radius 3 is 2.53 bits per heavy atom. The lowest BCUT2D eigenvalue weighted by Gasteiger charge is -2.29. The number of halogens is 1. The minimum Gasteiger partial charge on any atom is -0.508 e. The summed E-state index contributed by atoms with van der Waals surface area (Å²) in [6, 6.07) is 8.02. The van der Waals surface area contributed by atoms with Gasteiger partial charge in [-0.05, 0) is 30.5 Å². The fourth-order valence-corrected chi connectivity index (χ4v) is 2.41. The molecule has 0 saturated carbocycles. The van der Waals surface area contributed by atoms with Gasteiger partial charge in [0, 0.05) is 25.0 Å². The minimum atomic E-state index is 0.331. The Morgan fingerprint density at radius 2 is 2.00 bits per heavy atom. The van der Waals surface area contributed by atoms with Crippen molar-refractivity contribution in [2.75, 3.05) is 12.4 Å². The number of phenolic OH excluding ortho intramolecular Hbond substituents is 1. The molecule has 2 nitrogen and oxygen atoms in total. The molecule has 0 spiro atoms. The zero-order valence-corrected chi connectivity index (χ0v) is 11.5. The van der Waals surface area contributed by atoms with E-state index in [0.717, 1.165) is 31.5 Å². The van der Waals surface area contributed by atoms with Crippen molar-refractivity contribution in [3.8, 4) is 5.75 Å². The highest BCUT2D eigenvalue weighted by molar-refractivity contribution is 6.18. The van der Waals surface area contributed by atoms with Crippen LogP contribution in [0.3, 0.4) is 0 Å². The van der Waals surface area contributed by atoms with Crippen LogP contribution in [0.25, 0.3) is 0 Å². The highest BCUT2D eigenvalue weighted by Gasteiger charge is 2.14. The van der Waals surface area contributed by atoms with Crippen molar-refractivity contribution in [3.05, 3.63) is 29.8 Å². The van der Waals surface area contributed by atoms with E-state index in [1.165, 1.54) is 0 Å². The van der Waals surface area contributed by atoms with E-state index < -0.39 is 0 Å². The second kappa shape index (κ2) is 7.57. The fourth-order valence-electron chi connectivity index (χ4n) is 2.19. The SMILES string of the molecule is CCC(CC)N(CCCl)Cc1cccc(O)c1. The molecule has 1 rings (SSSR count). The van der Waals surface area contributed by atoms with Gasteiger partial charge < -0.3 is 5.11 Å². The summed E-state index contributed by atoms with van der Waals surface area (Å²) in [7, 11) is 0. The Balaban J connectivity index is 2.71. The molecule has 0 bridgehead atoms. The summed E-state index contributed by atoms with van der Waals surface area (Å²) in [6.45, 7) is 6.16. The van der Waals surface area contributed by atoms with Crippen LogP contribution in [0.15, 0.2) is 24.3 Å². The quantitative estimate of drug-likeness (QED) is 0.753. The molecule has 3 heteroatoms. The predicted molar refractivity (Wildman–Crippen MR) is 73.6 cm³/mol. The van der Waals surface area contributed by atoms with Gasteiger partial charge in [0.1, 0.15) is 5.75 Å². The molecule has 0 radical (unpaired) electrons. The highest BCUT2D eigenvalue weighted by Crippen LogP contribution is 2.17. The summed E-state index contributed by atoms with van der Waals surface area (Å²) < 4.78 is 0. The summed E-state index contributed by atoms with van der Waals surface area (Å²) in [5.74, 6) is 0.979. The lowest BCUT2D eigenvalue weighted by Crippen LogP contribution is -2.35. The lowest BCUT2D eigenvalue weighted by molar-refractivity contribution is 0.188. The second-order valence-electron chi connectivity index (χ2n) is 4.30. The number of alkyl halides is 1. The monoisotopic (exact) mass is 255 g/mol. The van der Waals surface area contributed by atoms with E-state index in [0.29, 0.717) is 17.7 Å². The molecule has 1 aromatic rings. The Kier molecular flexibility index (Phi) is 6.38. The number of hydrogen-bond acceptors (Lipinski definition) is 2. The molecule has 0 atom stereocenters. The molecule has 0 heterocycles. The lowest BCUT2D eigenvalue weighted by atomic mass is 10.1. The minimum absolute atomic E-state index is 0.331. The number of benzene rings is 1. The number of rotatable bonds is 7. The van der Waals surface area contributed by atoms with Gasteiger partial charge in [-0.25, -0.2) is 0 Å². The number of hydrogen-bond donors (Lipinski definition) is 1. The first kappa shape index (κ1) is 14.3. The van der Waals surface area contributed by atoms with E-state index in [-0.39, 0.29) is 0 Å². The Labute approximate surface area is 109 Å². The van der Waals surface area contributed by atoms with E-state index in [4.69, 9.17) is 11.6 Å². The van der Waals surface area contributed by atoms with Crippen molar-refractivity contribution >= 4 is 11.6 Å². The first-order valence-electron chi connectivity index (χ1n) is 6.29. The van der Waals surface area contributed by atoms with Gasteiger partial charge in [-0.1, -0.05) is 26.0 Å². The molecule has 0 aliphatic carbocycles. The van der Waals surface area contributed by atoms with Crippen molar-refractivity contribution in [1.29, 1.82) is 0 Å². The topological polar surface area (TPSA) is 23.5 Å². The van der Waals surface area contributed by atoms with Crippen LogP contribution in [0, 0.1) is 0 Å². The normalized spacial score (nSPS) is 11.4. The van der Waals surface area contributed by atoms with Gasteiger partial charge in [-0.3, -0.25) is 4.90 Å². The van der Waals surface area contributed by atoms with Crippen molar-refractivity contribution in [2.24, 2.45) is 0 Å². The van der Waals surface area contributed by atoms with Crippen LogP contribution in [0.2, 0.25) is 0 Å². The summed E-state index contributed by atoms with van der Waals surface area (Å²) >= 11 is 5.86. The van der Waals surface area contributed by atoms with E-state index in [2.05, 4.69) is 18.7 Å². The Bertz CT molecular complexity index is 326. The molecule has 0 saturated heterocycles. The maximum absolute atomic E-state index is 9.46. The molecule has 0 amide bonds. The van der Waals surface area contributed by atoms with Crippen LogP contribution in [-0.4, -0.2) is 28.5 Å². The number of aromatic hydroxyl groups is 1. The number of nitrogens with zero attached hydrogens (tertiary/aromatic N) is 1. The van der Waals surface area contributed by atoms with Crippen LogP contribution in [0.4, 0.5) is 0 Å². The molecule has 0 aliphatic rings. The maximum atomic E-state index is 9.46. The average Bonchev–Trinajstić information content (AvgIpc) is 2.31. The molecule has 17 heavy (non-hydrogen) atoms. The third-order valence-corrected chi connectivity index (χ3v) is 3.30. The van der Waals surface area contributed by atoms with Gasteiger partial charge >= 0.3 is 0 Å². The Morgan fingerprint density at radius 1 is 1.29 bits per heavy atom. The third kappa shape index (κ3) is 4.57. The standard InChI is InChI=1S/C14H22ClNO/c1-3-13(4-2)16(9-8-15)11-12-6-5-7-14(17)10-12/h5-7,10,13,17H,3-4,8-9,11H2,1-2H3. The zero-order chi connectivity index (χ0) is 12.7. The molecule has 0 aromatic heterocycles. The van der Waals surface area contributed by atoms with Gasteiger partial charge in [0.05, 0.1) is 0 Å². The smallest absolute Gasteiger partial charge is 0.115 e. The maximum Gasteiger partial charge on any atom is 0.115 e. The average molecular weight is 256 g/mol. The van der Waals surface area contributed by atoms with Crippen LogP contribution in [0.5, 0.6) is 5.75 Å². The summed E-state index contributed by atoms with van der Waals surface area (Å²) in [6.07, 6.45) is 2.26. The highest BCUT2D eigenvalue weighted by atomic mass is 35.5. The first-order chi connectivity index (χ1) is 8.21. The van der Waals surface area contributed by atoms with Gasteiger partial charge in [0.2, 0.25) is 0 Å². The largest absolute Gasteiger partial charge is 0.508 e. The van der Waals surface area contributed by atoms with Gasteiger partial charge in [-0.15, -0.1) is 11.6 Å². The number of phenols is 1. The zero-order valence-electron chi connectivity index (χ0n) is 10.7. The summed E-state index contributed by atoms with van der Waals surface area (Å²) in [5, 5.41) is 9.46. The molecule has 96 valence electrons. The second-order valence-corrected chi connectivity index (χ2v) is 4.68. The van der Waals surface area contributed by atoms with E-state index in [1.807, 2.05) is 18.2 Å². The fraction of sp³-hybridized carbons (Fsp3) is 0.571. The van der Waals surface area contributed by atoms with Crippen molar-refractivity contribution in [3.63, 3.8) is 0 Å². The van der Waals surface area contributed by atoms with Crippen molar-refractivity contribution in [2.45, 2.75) is 39.3 Å². The van der Waals surface area contributed by atoms with Crippen LogP contribution in [0.1, 0.15) is 32.3 Å². The molecule has 1 aromatic carbocycles. The van der Waals surface area contributed by atoms with Crippen LogP contribution in [-0.2, 0) is 6.54 Å². The van der Waals surface area contributed by atoms with Gasteiger partial charge in [0.15, 0.2) is 0 Å². The van der Waals surface area contributed by atoms with Crippen molar-refractivity contribution in [1.82, 2.24) is 4.90 Å². The third-order valence-electron chi connectivity index (χ3n) is 3.13. The molecule has 0 aliphatic heterocycles.